The lowest BCUT2D eigenvalue weighted by atomic mass is 10.0. The lowest BCUT2D eigenvalue weighted by molar-refractivity contribution is -0.127. The number of amides is 2. The van der Waals surface area contributed by atoms with Gasteiger partial charge >= 0.3 is 0 Å². The lowest BCUT2D eigenvalue weighted by Crippen LogP contribution is -2.49. The third-order valence-electron chi connectivity index (χ3n) is 3.66. The second-order valence-corrected chi connectivity index (χ2v) is 9.22. The average molecular weight is 395 g/mol. The van der Waals surface area contributed by atoms with Gasteiger partial charge in [-0.25, -0.2) is 0 Å². The largest absolute Gasteiger partial charge is 0.349 e. The fourth-order valence-corrected chi connectivity index (χ4v) is 3.72. The molecule has 0 saturated carbocycles. The van der Waals surface area contributed by atoms with Gasteiger partial charge in [0.25, 0.3) is 5.91 Å². The van der Waals surface area contributed by atoms with Crippen molar-refractivity contribution in [3.05, 3.63) is 33.5 Å². The third-order valence-corrected chi connectivity index (χ3v) is 5.09. The molecule has 2 heterocycles. The second kappa shape index (κ2) is 8.73. The summed E-state index contributed by atoms with van der Waals surface area (Å²) < 4.78 is 3.79. The Bertz CT molecular complexity index is 706. The highest BCUT2D eigenvalue weighted by atomic mass is 32.1. The fraction of sp³-hybridized carbons (Fsp3) is 0.556. The second-order valence-electron chi connectivity index (χ2n) is 7.63. The quantitative estimate of drug-likeness (QED) is 0.776. The number of hydrogen-bond acceptors (Lipinski definition) is 6. The number of aromatic nitrogens is 2. The minimum absolute atomic E-state index is 0.180. The SMILES string of the molecule is CC(C)CCN(C(=O)c1csnn1)C(C(=O)NC(C)(C)C)c1cccs1. The van der Waals surface area contributed by atoms with E-state index < -0.39 is 6.04 Å². The molecular formula is C18H26N4O2S2. The number of thiophene rings is 1. The van der Waals surface area contributed by atoms with Gasteiger partial charge in [-0.1, -0.05) is 24.4 Å². The number of nitrogens with zero attached hydrogens (tertiary/aromatic N) is 3. The molecule has 0 fully saturated rings. The number of rotatable bonds is 7. The molecule has 26 heavy (non-hydrogen) atoms. The molecule has 2 aromatic heterocycles. The molecular weight excluding hydrogens is 368 g/mol. The zero-order valence-electron chi connectivity index (χ0n) is 15.9. The monoisotopic (exact) mass is 394 g/mol. The van der Waals surface area contributed by atoms with Crippen LogP contribution in [-0.2, 0) is 4.79 Å². The maximum Gasteiger partial charge on any atom is 0.276 e. The molecule has 0 spiro atoms. The lowest BCUT2D eigenvalue weighted by Gasteiger charge is -2.33. The van der Waals surface area contributed by atoms with Crippen LogP contribution in [0.5, 0.6) is 0 Å². The smallest absolute Gasteiger partial charge is 0.276 e. The predicted octanol–water partition coefficient (Wildman–Crippen LogP) is 3.74. The zero-order chi connectivity index (χ0) is 19.3. The first-order valence-corrected chi connectivity index (χ1v) is 10.3. The van der Waals surface area contributed by atoms with E-state index in [1.807, 2.05) is 38.3 Å². The first-order chi connectivity index (χ1) is 12.2. The molecule has 0 radical (unpaired) electrons. The van der Waals surface area contributed by atoms with Gasteiger partial charge in [0.2, 0.25) is 5.91 Å². The van der Waals surface area contributed by atoms with Crippen molar-refractivity contribution < 1.29 is 9.59 Å². The number of carbonyl (C=O) groups is 2. The van der Waals surface area contributed by atoms with Crippen LogP contribution >= 0.6 is 22.9 Å². The van der Waals surface area contributed by atoms with Gasteiger partial charge in [0.1, 0.15) is 6.04 Å². The predicted molar refractivity (Wildman–Crippen MR) is 105 cm³/mol. The molecule has 142 valence electrons. The molecule has 0 saturated heterocycles. The Morgan fingerprint density at radius 2 is 2.04 bits per heavy atom. The van der Waals surface area contributed by atoms with Crippen LogP contribution in [0.3, 0.4) is 0 Å². The first-order valence-electron chi connectivity index (χ1n) is 8.62. The molecule has 0 aliphatic rings. The Morgan fingerprint density at radius 3 is 2.54 bits per heavy atom. The normalized spacial score (nSPS) is 12.8. The van der Waals surface area contributed by atoms with Crippen molar-refractivity contribution in [3.63, 3.8) is 0 Å². The van der Waals surface area contributed by atoms with Crippen molar-refractivity contribution in [1.82, 2.24) is 19.8 Å². The molecule has 2 amide bonds. The molecule has 0 bridgehead atoms. The highest BCUT2D eigenvalue weighted by molar-refractivity contribution is 7.10. The van der Waals surface area contributed by atoms with Gasteiger partial charge in [0.05, 0.1) is 0 Å². The van der Waals surface area contributed by atoms with Crippen molar-refractivity contribution in [3.8, 4) is 0 Å². The van der Waals surface area contributed by atoms with Crippen molar-refractivity contribution in [2.24, 2.45) is 5.92 Å². The molecule has 8 heteroatoms. The topological polar surface area (TPSA) is 75.2 Å². The summed E-state index contributed by atoms with van der Waals surface area (Å²) >= 11 is 2.61. The summed E-state index contributed by atoms with van der Waals surface area (Å²) in [6.45, 7) is 10.5. The van der Waals surface area contributed by atoms with E-state index in [1.165, 1.54) is 11.3 Å². The van der Waals surface area contributed by atoms with E-state index in [1.54, 1.807) is 10.3 Å². The highest BCUT2D eigenvalue weighted by Crippen LogP contribution is 2.28. The van der Waals surface area contributed by atoms with Crippen molar-refractivity contribution in [2.75, 3.05) is 6.54 Å². The van der Waals surface area contributed by atoms with Crippen LogP contribution in [0.4, 0.5) is 0 Å². The number of nitrogens with one attached hydrogen (secondary N) is 1. The Hall–Kier alpha value is -1.80. The molecule has 6 nitrogen and oxygen atoms in total. The zero-order valence-corrected chi connectivity index (χ0v) is 17.5. The summed E-state index contributed by atoms with van der Waals surface area (Å²) in [6.07, 6.45) is 0.800. The Labute approximate surface area is 162 Å². The van der Waals surface area contributed by atoms with E-state index in [2.05, 4.69) is 28.8 Å². The van der Waals surface area contributed by atoms with Gasteiger partial charge in [-0.3, -0.25) is 9.59 Å². The van der Waals surface area contributed by atoms with Gasteiger partial charge in [0, 0.05) is 22.3 Å². The molecule has 0 aliphatic carbocycles. The number of hydrogen-bond donors (Lipinski definition) is 1. The summed E-state index contributed by atoms with van der Waals surface area (Å²) in [5.41, 5.74) is -0.106. The van der Waals surface area contributed by atoms with E-state index in [9.17, 15) is 9.59 Å². The molecule has 0 aromatic carbocycles. The Kier molecular flexibility index (Phi) is 6.88. The van der Waals surface area contributed by atoms with Gasteiger partial charge in [0.15, 0.2) is 5.69 Å². The third kappa shape index (κ3) is 5.60. The van der Waals surface area contributed by atoms with Crippen molar-refractivity contribution in [1.29, 1.82) is 0 Å². The van der Waals surface area contributed by atoms with Crippen LogP contribution in [0.2, 0.25) is 0 Å². The maximum atomic E-state index is 13.1. The first kappa shape index (κ1) is 20.5. The highest BCUT2D eigenvalue weighted by Gasteiger charge is 2.35. The molecule has 0 aliphatic heterocycles. The summed E-state index contributed by atoms with van der Waals surface area (Å²) in [4.78, 5) is 28.6. The van der Waals surface area contributed by atoms with Crippen LogP contribution in [0.1, 0.15) is 62.4 Å². The standard InChI is InChI=1S/C18H26N4O2S2/c1-12(2)8-9-22(17(24)13-11-26-21-20-13)15(14-7-6-10-25-14)16(23)19-18(3,4)5/h6-7,10-12,15H,8-9H2,1-5H3,(H,19,23). The molecule has 1 atom stereocenters. The fourth-order valence-electron chi connectivity index (χ4n) is 2.46. The molecule has 1 unspecified atom stereocenters. The van der Waals surface area contributed by atoms with Gasteiger partial charge in [-0.15, -0.1) is 16.4 Å². The Balaban J connectivity index is 2.39. The van der Waals surface area contributed by atoms with E-state index in [-0.39, 0.29) is 23.0 Å². The Morgan fingerprint density at radius 1 is 1.31 bits per heavy atom. The van der Waals surface area contributed by atoms with E-state index in [0.29, 0.717) is 12.5 Å². The van der Waals surface area contributed by atoms with Gasteiger partial charge in [-0.2, -0.15) is 0 Å². The summed E-state index contributed by atoms with van der Waals surface area (Å²) in [6, 6.07) is 3.11. The van der Waals surface area contributed by atoms with Crippen LogP contribution in [0, 0.1) is 5.92 Å². The molecule has 2 rings (SSSR count). The number of carbonyl (C=O) groups excluding carboxylic acids is 2. The summed E-state index contributed by atoms with van der Waals surface area (Å²) in [7, 11) is 0. The summed E-state index contributed by atoms with van der Waals surface area (Å²) in [5.74, 6) is -0.0318. The van der Waals surface area contributed by atoms with Crippen LogP contribution in [0.25, 0.3) is 0 Å². The van der Waals surface area contributed by atoms with Crippen LogP contribution < -0.4 is 5.32 Å². The van der Waals surface area contributed by atoms with Crippen molar-refractivity contribution >= 4 is 34.7 Å². The van der Waals surface area contributed by atoms with E-state index in [4.69, 9.17) is 0 Å². The maximum absolute atomic E-state index is 13.1. The minimum Gasteiger partial charge on any atom is -0.349 e. The van der Waals surface area contributed by atoms with Crippen molar-refractivity contribution in [2.45, 2.75) is 52.6 Å². The van der Waals surface area contributed by atoms with Gasteiger partial charge < -0.3 is 10.2 Å². The average Bonchev–Trinajstić information content (AvgIpc) is 3.21. The minimum atomic E-state index is -0.679. The molecule has 1 N–H and O–H groups in total. The van der Waals surface area contributed by atoms with E-state index >= 15 is 0 Å². The molecule has 2 aromatic rings. The van der Waals surface area contributed by atoms with Crippen LogP contribution in [0.15, 0.2) is 22.9 Å². The van der Waals surface area contributed by atoms with Crippen LogP contribution in [-0.4, -0.2) is 38.4 Å². The van der Waals surface area contributed by atoms with E-state index in [0.717, 1.165) is 22.8 Å². The van der Waals surface area contributed by atoms with Gasteiger partial charge in [-0.05, 0) is 56.1 Å². The summed E-state index contributed by atoms with van der Waals surface area (Å²) in [5, 5.41) is 10.5.